The highest BCUT2D eigenvalue weighted by atomic mass is 16.7. The van der Waals surface area contributed by atoms with Gasteiger partial charge in [-0.3, -0.25) is 19.4 Å². The smallest absolute Gasteiger partial charge is 0.316 e. The van der Waals surface area contributed by atoms with Gasteiger partial charge in [0.05, 0.1) is 35.9 Å². The van der Waals surface area contributed by atoms with Crippen LogP contribution < -0.4 is 0 Å². The lowest BCUT2D eigenvalue weighted by Crippen LogP contribution is -2.60. The van der Waals surface area contributed by atoms with Crippen LogP contribution >= 0.6 is 0 Å². The Balaban J connectivity index is 1.43. The summed E-state index contributed by atoms with van der Waals surface area (Å²) in [4.78, 5) is 55.5. The molecule has 3 aliphatic rings. The molecule has 0 bridgehead atoms. The fraction of sp³-hybridized carbons (Fsp3) is 0.744. The van der Waals surface area contributed by atoms with E-state index in [9.17, 15) is 24.6 Å². The third-order valence-electron chi connectivity index (χ3n) is 13.0. The SMILES string of the molecule is CC[C@H]1OC(=O)[C@H](C)C(=O)[C@H](C)[C@@H](O[C@@H]2O[C@H](C)C[C@H](N(C)C)[C@H]2O)[C@](C)(OC)C[C@@H](C)C(=O)[C@H](C)C2N(CCCCn3cnc(-c4cccnc4)c3)[C@H](O)O[C@@]21C. The minimum atomic E-state index is -1.37. The Kier molecular flexibility index (Phi) is 15.1. The van der Waals surface area contributed by atoms with E-state index in [1.165, 1.54) is 14.0 Å². The number of hydrogen-bond acceptors (Lipinski definition) is 14. The molecule has 14 atom stereocenters. The van der Waals surface area contributed by atoms with Gasteiger partial charge < -0.3 is 43.4 Å². The zero-order chi connectivity index (χ0) is 42.7. The number of carbonyl (C=O) groups is 3. The first-order valence-corrected chi connectivity index (χ1v) is 20.9. The summed E-state index contributed by atoms with van der Waals surface area (Å²) >= 11 is 0. The van der Waals surface area contributed by atoms with Crippen molar-refractivity contribution in [3.05, 3.63) is 37.1 Å². The Morgan fingerprint density at radius 2 is 1.72 bits per heavy atom. The first-order valence-electron chi connectivity index (χ1n) is 20.9. The molecule has 324 valence electrons. The zero-order valence-corrected chi connectivity index (χ0v) is 36.2. The van der Waals surface area contributed by atoms with Crippen LogP contribution in [-0.4, -0.2) is 140 Å². The number of likely N-dealkylation sites (N-methyl/N-ethyl adjacent to an activating group) is 1. The van der Waals surface area contributed by atoms with Gasteiger partial charge in [0.2, 0.25) is 6.41 Å². The summed E-state index contributed by atoms with van der Waals surface area (Å²) in [5.74, 6) is -4.74. The summed E-state index contributed by atoms with van der Waals surface area (Å²) in [6.07, 6.45) is 4.00. The Hall–Kier alpha value is -3.15. The second-order valence-corrected chi connectivity index (χ2v) is 17.4. The average molecular weight is 814 g/mol. The van der Waals surface area contributed by atoms with Crippen LogP contribution in [0.15, 0.2) is 37.1 Å². The Labute approximate surface area is 343 Å². The Bertz CT molecular complexity index is 1690. The van der Waals surface area contributed by atoms with Crippen LogP contribution in [0.2, 0.25) is 0 Å². The molecule has 15 heteroatoms. The number of esters is 1. The number of imidazole rings is 1. The third-order valence-corrected chi connectivity index (χ3v) is 13.0. The van der Waals surface area contributed by atoms with Crippen LogP contribution in [0.3, 0.4) is 0 Å². The van der Waals surface area contributed by atoms with Gasteiger partial charge in [0.25, 0.3) is 0 Å². The van der Waals surface area contributed by atoms with Gasteiger partial charge in [-0.15, -0.1) is 0 Å². The molecule has 2 N–H and O–H groups in total. The number of methoxy groups -OCH3 is 1. The molecular weight excluding hydrogens is 746 g/mol. The normalized spacial score (nSPS) is 38.4. The van der Waals surface area contributed by atoms with Crippen molar-refractivity contribution in [3.63, 3.8) is 0 Å². The number of pyridine rings is 1. The molecule has 1 unspecified atom stereocenters. The number of aliphatic hydroxyl groups is 2. The summed E-state index contributed by atoms with van der Waals surface area (Å²) in [6, 6.07) is 2.87. The summed E-state index contributed by atoms with van der Waals surface area (Å²) in [7, 11) is 5.26. The monoisotopic (exact) mass is 813 g/mol. The highest BCUT2D eigenvalue weighted by Gasteiger charge is 2.59. The molecule has 5 heterocycles. The van der Waals surface area contributed by atoms with Crippen LogP contribution in [0.4, 0.5) is 0 Å². The van der Waals surface area contributed by atoms with Crippen LogP contribution in [0.5, 0.6) is 0 Å². The first-order chi connectivity index (χ1) is 27.4. The number of rotatable bonds is 11. The number of aromatic nitrogens is 3. The number of hydrogen-bond donors (Lipinski definition) is 2. The molecule has 0 spiro atoms. The number of aliphatic hydroxyl groups excluding tert-OH is 2. The van der Waals surface area contributed by atoms with Crippen molar-refractivity contribution in [1.29, 1.82) is 0 Å². The van der Waals surface area contributed by atoms with Gasteiger partial charge in [0, 0.05) is 68.1 Å². The van der Waals surface area contributed by atoms with Crippen molar-refractivity contribution < 1.29 is 48.3 Å². The van der Waals surface area contributed by atoms with Crippen LogP contribution in [-0.2, 0) is 44.6 Å². The van der Waals surface area contributed by atoms with Crippen molar-refractivity contribution >= 4 is 17.5 Å². The molecule has 0 aliphatic carbocycles. The van der Waals surface area contributed by atoms with Crippen LogP contribution in [0, 0.1) is 23.7 Å². The predicted octanol–water partition coefficient (Wildman–Crippen LogP) is 4.09. The number of cyclic esters (lactones) is 1. The predicted molar refractivity (Wildman–Crippen MR) is 215 cm³/mol. The van der Waals surface area contributed by atoms with E-state index in [1.54, 1.807) is 44.4 Å². The fourth-order valence-corrected chi connectivity index (χ4v) is 9.59. The summed E-state index contributed by atoms with van der Waals surface area (Å²) in [5.41, 5.74) is -0.795. The van der Waals surface area contributed by atoms with Crippen molar-refractivity contribution in [2.24, 2.45) is 23.7 Å². The number of ketones is 2. The van der Waals surface area contributed by atoms with E-state index in [2.05, 4.69) is 9.97 Å². The number of nitrogens with zero attached hydrogens (tertiary/aromatic N) is 5. The summed E-state index contributed by atoms with van der Waals surface area (Å²) in [6.45, 7) is 15.3. The lowest BCUT2D eigenvalue weighted by atomic mass is 9.73. The highest BCUT2D eigenvalue weighted by Crippen LogP contribution is 2.44. The molecule has 2 aromatic heterocycles. The van der Waals surface area contributed by atoms with Crippen molar-refractivity contribution in [2.75, 3.05) is 27.7 Å². The number of fused-ring (bicyclic) bond motifs is 1. The first kappa shape index (κ1) is 45.9. The molecular formula is C43H67N5O10. The third kappa shape index (κ3) is 9.57. The van der Waals surface area contributed by atoms with Crippen molar-refractivity contribution in [1.82, 2.24) is 24.3 Å². The van der Waals surface area contributed by atoms with Gasteiger partial charge in [0.1, 0.15) is 29.5 Å². The quantitative estimate of drug-likeness (QED) is 0.189. The molecule has 5 rings (SSSR count). The number of Topliss-reactive ketones (excluding diaryl/α,β-unsaturated/α-hetero) is 2. The van der Waals surface area contributed by atoms with E-state index in [1.807, 2.05) is 69.6 Å². The standard InChI is InChI=1S/C43H67N5O10/c1-12-33-43(8)37(48(41(53)58-43)19-14-13-18-47-23-31(45-24-47)30-16-15-17-44-22-30)27(4)34(49)25(2)21-42(7,54-11)38(28(5)35(50)29(6)39(52)56-33)57-40-36(51)32(46(9)10)20-26(3)55-40/h15-17,22-29,32-33,36-38,40-41,51,53H,12-14,18-21H2,1-11H3/t25-,26-,27+,28+,29-,32+,33-,36-,37?,38-,40+,41-,42-,43-/m1/s1. The van der Waals surface area contributed by atoms with E-state index >= 15 is 0 Å². The maximum Gasteiger partial charge on any atom is 0.316 e. The Morgan fingerprint density at radius 1 is 1.02 bits per heavy atom. The lowest BCUT2D eigenvalue weighted by Gasteiger charge is -2.47. The molecule has 0 aromatic carbocycles. The molecule has 3 fully saturated rings. The number of aryl methyl sites for hydroxylation is 1. The molecule has 0 amide bonds. The minimum absolute atomic E-state index is 0.108. The van der Waals surface area contributed by atoms with Gasteiger partial charge in [-0.1, -0.05) is 27.7 Å². The van der Waals surface area contributed by atoms with E-state index < -0.39 is 83.7 Å². The maximum absolute atomic E-state index is 14.7. The molecule has 15 nitrogen and oxygen atoms in total. The Morgan fingerprint density at radius 3 is 2.36 bits per heavy atom. The van der Waals surface area contributed by atoms with Gasteiger partial charge in [0.15, 0.2) is 12.1 Å². The van der Waals surface area contributed by atoms with Crippen LogP contribution in [0.1, 0.15) is 87.5 Å². The topological polar surface area (TPSA) is 175 Å². The van der Waals surface area contributed by atoms with Crippen LogP contribution in [0.25, 0.3) is 11.3 Å². The summed E-state index contributed by atoms with van der Waals surface area (Å²) < 4.78 is 33.5. The van der Waals surface area contributed by atoms with Gasteiger partial charge in [-0.2, -0.15) is 0 Å². The van der Waals surface area contributed by atoms with E-state index in [4.69, 9.17) is 23.7 Å². The molecule has 2 aromatic rings. The van der Waals surface area contributed by atoms with Crippen molar-refractivity contribution in [3.8, 4) is 11.3 Å². The van der Waals surface area contributed by atoms with E-state index in [-0.39, 0.29) is 24.3 Å². The fourth-order valence-electron chi connectivity index (χ4n) is 9.59. The average Bonchev–Trinajstić information content (AvgIpc) is 3.78. The van der Waals surface area contributed by atoms with Gasteiger partial charge in [-0.25, -0.2) is 9.88 Å². The molecule has 3 aliphatic heterocycles. The zero-order valence-electron chi connectivity index (χ0n) is 36.2. The van der Waals surface area contributed by atoms with E-state index in [0.29, 0.717) is 32.4 Å². The molecule has 3 saturated heterocycles. The second-order valence-electron chi connectivity index (χ2n) is 17.4. The minimum Gasteiger partial charge on any atom is -0.459 e. The van der Waals surface area contributed by atoms with E-state index in [0.717, 1.165) is 17.7 Å². The number of unbranched alkanes of at least 4 members (excludes halogenated alkanes) is 1. The molecule has 0 saturated carbocycles. The largest absolute Gasteiger partial charge is 0.459 e. The molecule has 58 heavy (non-hydrogen) atoms. The summed E-state index contributed by atoms with van der Waals surface area (Å²) in [5, 5.41) is 23.0. The second kappa shape index (κ2) is 19.1. The van der Waals surface area contributed by atoms with Gasteiger partial charge in [-0.05, 0) is 86.0 Å². The highest BCUT2D eigenvalue weighted by molar-refractivity contribution is 6.00. The lowest BCUT2D eigenvalue weighted by molar-refractivity contribution is -0.295. The maximum atomic E-state index is 14.7. The number of carbonyl (C=O) groups excluding carboxylic acids is 3. The van der Waals surface area contributed by atoms with Crippen molar-refractivity contribution in [2.45, 2.75) is 154 Å². The van der Waals surface area contributed by atoms with Gasteiger partial charge >= 0.3 is 5.97 Å². The molecule has 0 radical (unpaired) electrons. The number of ether oxygens (including phenoxy) is 5.